The molecule has 2 aromatic heterocycles. The van der Waals surface area contributed by atoms with Crippen molar-refractivity contribution >= 4 is 39.3 Å². The summed E-state index contributed by atoms with van der Waals surface area (Å²) < 4.78 is 2.10. The molecule has 2 aromatic carbocycles. The Hall–Kier alpha value is -3.93. The number of carbonyl (C=O) groups excluding carboxylic acids is 2. The summed E-state index contributed by atoms with van der Waals surface area (Å²) in [5.74, 6) is -0.750. The Bertz CT molecular complexity index is 1460. The molecule has 1 atom stereocenters. The van der Waals surface area contributed by atoms with Gasteiger partial charge in [-0.25, -0.2) is 0 Å². The first-order valence-corrected chi connectivity index (χ1v) is 10.3. The maximum Gasteiger partial charge on any atom is 0.259 e. The maximum absolute atomic E-state index is 13.4. The van der Waals surface area contributed by atoms with Crippen LogP contribution >= 0.6 is 0 Å². The monoisotopic (exact) mass is 408 g/mol. The standard InChI is InChI=1S/C25H20N4O2/c1-14(30)29-13-20-24(25(29)31)22(16-8-9-18-15(11-16)5-4-10-26-18)17-12-28(2)21-7-3-6-19(27-20)23(17)21/h3-12,22,27H,13H2,1-2H3. The van der Waals surface area contributed by atoms with Crippen molar-refractivity contribution in [1.29, 1.82) is 0 Å². The molecule has 0 saturated carbocycles. The van der Waals surface area contributed by atoms with Gasteiger partial charge in [-0.15, -0.1) is 0 Å². The van der Waals surface area contributed by atoms with Crippen LogP contribution in [0.5, 0.6) is 0 Å². The third-order valence-electron chi connectivity index (χ3n) is 6.39. The zero-order chi connectivity index (χ0) is 21.3. The Morgan fingerprint density at radius 2 is 2.03 bits per heavy atom. The third kappa shape index (κ3) is 2.48. The molecule has 2 aliphatic rings. The van der Waals surface area contributed by atoms with Crippen LogP contribution < -0.4 is 5.32 Å². The van der Waals surface area contributed by atoms with Gasteiger partial charge in [-0.2, -0.15) is 0 Å². The van der Waals surface area contributed by atoms with Gasteiger partial charge in [-0.3, -0.25) is 19.5 Å². The van der Waals surface area contributed by atoms with Crippen molar-refractivity contribution in [3.05, 3.63) is 83.3 Å². The Labute approximate surface area is 178 Å². The molecular weight excluding hydrogens is 388 g/mol. The average Bonchev–Trinajstić information content (AvgIpc) is 3.22. The fraction of sp³-hybridized carbons (Fsp3) is 0.160. The van der Waals surface area contributed by atoms with Gasteiger partial charge in [0.25, 0.3) is 5.91 Å². The van der Waals surface area contributed by atoms with E-state index in [1.165, 1.54) is 11.8 Å². The van der Waals surface area contributed by atoms with E-state index in [-0.39, 0.29) is 24.3 Å². The lowest BCUT2D eigenvalue weighted by molar-refractivity contribution is -0.139. The summed E-state index contributed by atoms with van der Waals surface area (Å²) in [5, 5.41) is 5.62. The molecule has 6 heteroatoms. The first kappa shape index (κ1) is 17.9. The number of amides is 2. The first-order valence-electron chi connectivity index (χ1n) is 10.3. The molecule has 4 aromatic rings. The van der Waals surface area contributed by atoms with Crippen LogP contribution in [0.15, 0.2) is 72.2 Å². The minimum Gasteiger partial charge on any atom is -0.356 e. The van der Waals surface area contributed by atoms with E-state index in [0.717, 1.165) is 44.3 Å². The van der Waals surface area contributed by atoms with Crippen molar-refractivity contribution in [3.8, 4) is 0 Å². The van der Waals surface area contributed by atoms with E-state index < -0.39 is 0 Å². The minimum atomic E-state index is -0.281. The number of nitrogens with one attached hydrogen (secondary N) is 1. The second-order valence-corrected chi connectivity index (χ2v) is 8.21. The molecule has 0 saturated heterocycles. The fourth-order valence-electron chi connectivity index (χ4n) is 4.99. The third-order valence-corrected chi connectivity index (χ3v) is 6.39. The number of aryl methyl sites for hydroxylation is 1. The number of anilines is 1. The van der Waals surface area contributed by atoms with Gasteiger partial charge in [-0.05, 0) is 41.5 Å². The lowest BCUT2D eigenvalue weighted by Crippen LogP contribution is -2.33. The van der Waals surface area contributed by atoms with Gasteiger partial charge in [0.05, 0.1) is 23.2 Å². The summed E-state index contributed by atoms with van der Waals surface area (Å²) in [7, 11) is 2.02. The molecule has 0 radical (unpaired) electrons. The molecule has 6 rings (SSSR count). The molecule has 0 spiro atoms. The molecule has 0 fully saturated rings. The van der Waals surface area contributed by atoms with Gasteiger partial charge in [-0.1, -0.05) is 18.2 Å². The van der Waals surface area contributed by atoms with Gasteiger partial charge < -0.3 is 9.88 Å². The highest BCUT2D eigenvalue weighted by atomic mass is 16.2. The minimum absolute atomic E-state index is 0.226. The van der Waals surface area contributed by atoms with E-state index >= 15 is 0 Å². The van der Waals surface area contributed by atoms with Crippen molar-refractivity contribution in [1.82, 2.24) is 14.5 Å². The number of hydrogen-bond acceptors (Lipinski definition) is 4. The number of imide groups is 1. The highest BCUT2D eigenvalue weighted by Crippen LogP contribution is 2.46. The van der Waals surface area contributed by atoms with Crippen LogP contribution in [0.4, 0.5) is 5.69 Å². The van der Waals surface area contributed by atoms with Crippen LogP contribution in [0.2, 0.25) is 0 Å². The van der Waals surface area contributed by atoms with Crippen LogP contribution in [0, 0.1) is 0 Å². The summed E-state index contributed by atoms with van der Waals surface area (Å²) in [4.78, 5) is 31.4. The number of fused-ring (bicyclic) bond motifs is 1. The Morgan fingerprint density at radius 3 is 2.87 bits per heavy atom. The molecule has 0 bridgehead atoms. The van der Waals surface area contributed by atoms with Crippen LogP contribution in [0.1, 0.15) is 24.0 Å². The summed E-state index contributed by atoms with van der Waals surface area (Å²) in [6.07, 6.45) is 3.88. The lowest BCUT2D eigenvalue weighted by atomic mass is 9.84. The Kier molecular flexibility index (Phi) is 3.63. The Morgan fingerprint density at radius 1 is 1.16 bits per heavy atom. The largest absolute Gasteiger partial charge is 0.356 e. The van der Waals surface area contributed by atoms with Gasteiger partial charge in [0, 0.05) is 54.4 Å². The van der Waals surface area contributed by atoms with Gasteiger partial charge in [0.2, 0.25) is 5.91 Å². The molecule has 31 heavy (non-hydrogen) atoms. The van der Waals surface area contributed by atoms with E-state index in [1.807, 2.05) is 43.4 Å². The van der Waals surface area contributed by atoms with Crippen LogP contribution in [0.3, 0.4) is 0 Å². The first-order chi connectivity index (χ1) is 15.0. The van der Waals surface area contributed by atoms with Crippen LogP contribution in [-0.2, 0) is 16.6 Å². The molecule has 2 amide bonds. The van der Waals surface area contributed by atoms with Crippen LogP contribution in [-0.4, -0.2) is 32.8 Å². The van der Waals surface area contributed by atoms with Gasteiger partial charge in [0.1, 0.15) is 0 Å². The smallest absolute Gasteiger partial charge is 0.259 e. The Balaban J connectivity index is 1.66. The topological polar surface area (TPSA) is 67.2 Å². The number of rotatable bonds is 1. The molecule has 2 aliphatic heterocycles. The van der Waals surface area contributed by atoms with E-state index in [2.05, 4.69) is 33.2 Å². The molecule has 1 unspecified atom stereocenters. The second kappa shape index (κ2) is 6.28. The molecule has 1 N–H and O–H groups in total. The molecule has 4 heterocycles. The predicted molar refractivity (Wildman–Crippen MR) is 120 cm³/mol. The zero-order valence-electron chi connectivity index (χ0n) is 17.2. The summed E-state index contributed by atoms with van der Waals surface area (Å²) >= 11 is 0. The molecule has 152 valence electrons. The van der Waals surface area contributed by atoms with Crippen molar-refractivity contribution in [2.45, 2.75) is 12.8 Å². The summed E-state index contributed by atoms with van der Waals surface area (Å²) in [6, 6.07) is 16.2. The van der Waals surface area contributed by atoms with E-state index in [9.17, 15) is 9.59 Å². The zero-order valence-corrected chi connectivity index (χ0v) is 17.2. The van der Waals surface area contributed by atoms with Crippen molar-refractivity contribution in [2.75, 3.05) is 11.9 Å². The summed E-state index contributed by atoms with van der Waals surface area (Å²) in [5.41, 5.74) is 6.48. The van der Waals surface area contributed by atoms with E-state index in [0.29, 0.717) is 5.57 Å². The van der Waals surface area contributed by atoms with Crippen molar-refractivity contribution in [3.63, 3.8) is 0 Å². The highest BCUT2D eigenvalue weighted by Gasteiger charge is 2.41. The normalized spacial score (nSPS) is 17.8. The predicted octanol–water partition coefficient (Wildman–Crippen LogP) is 3.93. The van der Waals surface area contributed by atoms with Gasteiger partial charge in [0.15, 0.2) is 0 Å². The average molecular weight is 408 g/mol. The molecule has 6 nitrogen and oxygen atoms in total. The van der Waals surface area contributed by atoms with E-state index in [1.54, 1.807) is 6.20 Å². The number of aromatic nitrogens is 2. The molecule has 0 aliphatic carbocycles. The number of nitrogens with zero attached hydrogens (tertiary/aromatic N) is 3. The van der Waals surface area contributed by atoms with E-state index in [4.69, 9.17) is 0 Å². The lowest BCUT2D eigenvalue weighted by Gasteiger charge is -2.20. The van der Waals surface area contributed by atoms with Gasteiger partial charge >= 0.3 is 0 Å². The van der Waals surface area contributed by atoms with Crippen LogP contribution in [0.25, 0.3) is 21.8 Å². The number of pyridine rings is 1. The highest BCUT2D eigenvalue weighted by molar-refractivity contribution is 6.11. The number of hydrogen-bond donors (Lipinski definition) is 1. The maximum atomic E-state index is 13.4. The number of carbonyl (C=O) groups is 2. The molecular formula is C25H20N4O2. The van der Waals surface area contributed by atoms with Crippen molar-refractivity contribution < 1.29 is 9.59 Å². The fourth-order valence-corrected chi connectivity index (χ4v) is 4.99. The summed E-state index contributed by atoms with van der Waals surface area (Å²) in [6.45, 7) is 1.71. The SMILES string of the molecule is CC(=O)N1CC2=C(C1=O)C(c1ccc3ncccc3c1)c1cn(C)c3cccc(c13)N2. The second-order valence-electron chi connectivity index (χ2n) is 8.21. The van der Waals surface area contributed by atoms with Crippen molar-refractivity contribution in [2.24, 2.45) is 7.05 Å². The quantitative estimate of drug-likeness (QED) is 0.518. The number of benzene rings is 2.